The SMILES string of the molecule is Cc1ccccc1Oc1ccc2ccncc2c1. The highest BCUT2D eigenvalue weighted by Crippen LogP contribution is 2.27. The fraction of sp³-hybridized carbons (Fsp3) is 0.0625. The Kier molecular flexibility index (Phi) is 2.69. The molecule has 0 aliphatic rings. The van der Waals surface area contributed by atoms with E-state index in [2.05, 4.69) is 4.98 Å². The number of rotatable bonds is 2. The highest BCUT2D eigenvalue weighted by molar-refractivity contribution is 5.82. The molecule has 18 heavy (non-hydrogen) atoms. The fourth-order valence-corrected chi connectivity index (χ4v) is 1.92. The lowest BCUT2D eigenvalue weighted by Gasteiger charge is -2.08. The summed E-state index contributed by atoms with van der Waals surface area (Å²) in [6.45, 7) is 2.04. The fourth-order valence-electron chi connectivity index (χ4n) is 1.92. The zero-order valence-electron chi connectivity index (χ0n) is 10.1. The highest BCUT2D eigenvalue weighted by Gasteiger charge is 2.01. The zero-order valence-corrected chi connectivity index (χ0v) is 10.1. The smallest absolute Gasteiger partial charge is 0.130 e. The summed E-state index contributed by atoms with van der Waals surface area (Å²) in [5, 5.41) is 2.26. The van der Waals surface area contributed by atoms with Crippen molar-refractivity contribution in [3.05, 3.63) is 66.5 Å². The molecule has 0 aliphatic heterocycles. The molecular formula is C16H13NO. The number of aryl methyl sites for hydroxylation is 1. The van der Waals surface area contributed by atoms with Gasteiger partial charge in [0.05, 0.1) is 0 Å². The summed E-state index contributed by atoms with van der Waals surface area (Å²) in [6, 6.07) is 16.0. The van der Waals surface area contributed by atoms with Gasteiger partial charge in [0, 0.05) is 17.8 Å². The van der Waals surface area contributed by atoms with Gasteiger partial charge in [0.15, 0.2) is 0 Å². The van der Waals surface area contributed by atoms with E-state index in [9.17, 15) is 0 Å². The number of aromatic nitrogens is 1. The van der Waals surface area contributed by atoms with Crippen molar-refractivity contribution in [2.24, 2.45) is 0 Å². The minimum absolute atomic E-state index is 0.838. The monoisotopic (exact) mass is 235 g/mol. The van der Waals surface area contributed by atoms with Crippen LogP contribution in [0.25, 0.3) is 10.8 Å². The third kappa shape index (κ3) is 2.05. The van der Waals surface area contributed by atoms with E-state index in [1.807, 2.05) is 61.7 Å². The van der Waals surface area contributed by atoms with Crippen LogP contribution in [-0.4, -0.2) is 4.98 Å². The van der Waals surface area contributed by atoms with Crippen molar-refractivity contribution in [1.29, 1.82) is 0 Å². The first-order valence-electron chi connectivity index (χ1n) is 5.90. The number of nitrogens with zero attached hydrogens (tertiary/aromatic N) is 1. The number of hydrogen-bond acceptors (Lipinski definition) is 2. The first kappa shape index (κ1) is 10.8. The van der Waals surface area contributed by atoms with E-state index in [-0.39, 0.29) is 0 Å². The van der Waals surface area contributed by atoms with Crippen LogP contribution < -0.4 is 4.74 Å². The van der Waals surface area contributed by atoms with Gasteiger partial charge >= 0.3 is 0 Å². The Morgan fingerprint density at radius 1 is 0.944 bits per heavy atom. The van der Waals surface area contributed by atoms with Crippen molar-refractivity contribution >= 4 is 10.8 Å². The summed E-state index contributed by atoms with van der Waals surface area (Å²) in [5.74, 6) is 1.73. The molecule has 3 aromatic rings. The lowest BCUT2D eigenvalue weighted by molar-refractivity contribution is 0.479. The van der Waals surface area contributed by atoms with Crippen LogP contribution in [0.2, 0.25) is 0 Å². The number of fused-ring (bicyclic) bond motifs is 1. The molecule has 88 valence electrons. The quantitative estimate of drug-likeness (QED) is 0.659. The summed E-state index contributed by atoms with van der Waals surface area (Å²) in [4.78, 5) is 4.12. The Morgan fingerprint density at radius 3 is 2.72 bits per heavy atom. The maximum atomic E-state index is 5.89. The molecule has 0 bridgehead atoms. The van der Waals surface area contributed by atoms with E-state index in [1.165, 1.54) is 5.39 Å². The van der Waals surface area contributed by atoms with Gasteiger partial charge in [-0.3, -0.25) is 4.98 Å². The average Bonchev–Trinajstić information content (AvgIpc) is 2.41. The standard InChI is InChI=1S/C16H13NO/c1-12-4-2-3-5-16(12)18-15-7-6-13-8-9-17-11-14(13)10-15/h2-11H,1H3. The highest BCUT2D eigenvalue weighted by atomic mass is 16.5. The maximum absolute atomic E-state index is 5.89. The Bertz CT molecular complexity index is 691. The van der Waals surface area contributed by atoms with Gasteiger partial charge in [0.1, 0.15) is 11.5 Å². The topological polar surface area (TPSA) is 22.1 Å². The minimum atomic E-state index is 0.838. The van der Waals surface area contributed by atoms with Crippen molar-refractivity contribution in [2.45, 2.75) is 6.92 Å². The average molecular weight is 235 g/mol. The zero-order chi connectivity index (χ0) is 12.4. The van der Waals surface area contributed by atoms with Crippen LogP contribution in [0.4, 0.5) is 0 Å². The van der Waals surface area contributed by atoms with Gasteiger partial charge in [0.25, 0.3) is 0 Å². The largest absolute Gasteiger partial charge is 0.457 e. The number of pyridine rings is 1. The van der Waals surface area contributed by atoms with Crippen molar-refractivity contribution < 1.29 is 4.74 Å². The van der Waals surface area contributed by atoms with Crippen LogP contribution in [0, 0.1) is 6.92 Å². The van der Waals surface area contributed by atoms with E-state index < -0.39 is 0 Å². The van der Waals surface area contributed by atoms with E-state index in [0.29, 0.717) is 0 Å². The van der Waals surface area contributed by atoms with Crippen LogP contribution in [0.15, 0.2) is 60.9 Å². The molecule has 0 aliphatic carbocycles. The van der Waals surface area contributed by atoms with Crippen LogP contribution in [0.3, 0.4) is 0 Å². The lowest BCUT2D eigenvalue weighted by Crippen LogP contribution is -1.87. The molecule has 2 nitrogen and oxygen atoms in total. The molecule has 0 amide bonds. The molecule has 0 saturated heterocycles. The van der Waals surface area contributed by atoms with Crippen molar-refractivity contribution in [1.82, 2.24) is 4.98 Å². The normalized spacial score (nSPS) is 10.5. The molecular weight excluding hydrogens is 222 g/mol. The van der Waals surface area contributed by atoms with E-state index in [0.717, 1.165) is 22.4 Å². The molecule has 0 saturated carbocycles. The summed E-state index contributed by atoms with van der Waals surface area (Å²) < 4.78 is 5.89. The van der Waals surface area contributed by atoms with Crippen molar-refractivity contribution in [3.63, 3.8) is 0 Å². The van der Waals surface area contributed by atoms with Crippen LogP contribution in [-0.2, 0) is 0 Å². The van der Waals surface area contributed by atoms with Gasteiger partial charge in [-0.05, 0) is 42.1 Å². The molecule has 0 N–H and O–H groups in total. The van der Waals surface area contributed by atoms with E-state index >= 15 is 0 Å². The molecule has 0 radical (unpaired) electrons. The van der Waals surface area contributed by atoms with Crippen molar-refractivity contribution in [2.75, 3.05) is 0 Å². The van der Waals surface area contributed by atoms with Gasteiger partial charge in [-0.25, -0.2) is 0 Å². The first-order valence-corrected chi connectivity index (χ1v) is 5.90. The van der Waals surface area contributed by atoms with E-state index in [1.54, 1.807) is 6.20 Å². The predicted molar refractivity (Wildman–Crippen MR) is 73.0 cm³/mol. The van der Waals surface area contributed by atoms with Gasteiger partial charge in [0.2, 0.25) is 0 Å². The molecule has 0 unspecified atom stereocenters. The Balaban J connectivity index is 1.98. The summed E-state index contributed by atoms with van der Waals surface area (Å²) >= 11 is 0. The first-order chi connectivity index (χ1) is 8.83. The molecule has 3 rings (SSSR count). The summed E-state index contributed by atoms with van der Waals surface area (Å²) in [6.07, 6.45) is 3.64. The lowest BCUT2D eigenvalue weighted by atomic mass is 10.2. The molecule has 1 heterocycles. The second-order valence-corrected chi connectivity index (χ2v) is 4.25. The molecule has 2 aromatic carbocycles. The molecule has 2 heteroatoms. The summed E-state index contributed by atoms with van der Waals surface area (Å²) in [5.41, 5.74) is 1.13. The van der Waals surface area contributed by atoms with Crippen LogP contribution in [0.1, 0.15) is 5.56 Å². The molecule has 0 fully saturated rings. The summed E-state index contributed by atoms with van der Waals surface area (Å²) in [7, 11) is 0. The molecule has 1 aromatic heterocycles. The molecule has 0 atom stereocenters. The second-order valence-electron chi connectivity index (χ2n) is 4.25. The number of ether oxygens (including phenoxy) is 1. The van der Waals surface area contributed by atoms with Gasteiger partial charge in [-0.1, -0.05) is 24.3 Å². The second kappa shape index (κ2) is 4.49. The number of para-hydroxylation sites is 1. The minimum Gasteiger partial charge on any atom is -0.457 e. The Morgan fingerprint density at radius 2 is 1.83 bits per heavy atom. The third-order valence-corrected chi connectivity index (χ3v) is 2.93. The predicted octanol–water partition coefficient (Wildman–Crippen LogP) is 4.34. The van der Waals surface area contributed by atoms with Gasteiger partial charge in [-0.15, -0.1) is 0 Å². The van der Waals surface area contributed by atoms with E-state index in [4.69, 9.17) is 4.74 Å². The Labute approximate surface area is 106 Å². The maximum Gasteiger partial charge on any atom is 0.130 e. The number of hydrogen-bond donors (Lipinski definition) is 0. The third-order valence-electron chi connectivity index (χ3n) is 2.93. The van der Waals surface area contributed by atoms with Crippen molar-refractivity contribution in [3.8, 4) is 11.5 Å². The van der Waals surface area contributed by atoms with Gasteiger partial charge in [-0.2, -0.15) is 0 Å². The van der Waals surface area contributed by atoms with Gasteiger partial charge < -0.3 is 4.74 Å². The van der Waals surface area contributed by atoms with Crippen LogP contribution in [0.5, 0.6) is 11.5 Å². The van der Waals surface area contributed by atoms with Crippen LogP contribution >= 0.6 is 0 Å². The Hall–Kier alpha value is -2.35. The molecule has 0 spiro atoms. The number of benzene rings is 2.